The number of aromatic nitrogens is 4. The van der Waals surface area contributed by atoms with Gasteiger partial charge >= 0.3 is 5.97 Å². The van der Waals surface area contributed by atoms with Gasteiger partial charge in [0, 0.05) is 13.2 Å². The van der Waals surface area contributed by atoms with Crippen LogP contribution in [0, 0.1) is 0 Å². The Morgan fingerprint density at radius 1 is 1.41 bits per heavy atom. The van der Waals surface area contributed by atoms with Gasteiger partial charge in [-0.15, -0.1) is 0 Å². The molecule has 0 bridgehead atoms. The fourth-order valence-electron chi connectivity index (χ4n) is 2.06. The highest BCUT2D eigenvalue weighted by Crippen LogP contribution is 2.20. The standard InChI is InChI=1S/C13H16BrN5O3/c1-4-10(19-7-8(14)5-16-19)12(20)17-9-6-15-18(2)11(9)13(21)22-3/h5-7,10H,4H2,1-3H3,(H,17,20). The molecule has 1 amide bonds. The molecule has 0 aliphatic heterocycles. The largest absolute Gasteiger partial charge is 0.464 e. The van der Waals surface area contributed by atoms with E-state index in [1.54, 1.807) is 24.1 Å². The van der Waals surface area contributed by atoms with Gasteiger partial charge in [-0.1, -0.05) is 6.92 Å². The Bertz CT molecular complexity index is 694. The van der Waals surface area contributed by atoms with Gasteiger partial charge in [0.2, 0.25) is 5.91 Å². The molecule has 118 valence electrons. The van der Waals surface area contributed by atoms with E-state index in [1.165, 1.54) is 18.0 Å². The quantitative estimate of drug-likeness (QED) is 0.810. The van der Waals surface area contributed by atoms with E-state index < -0.39 is 12.0 Å². The van der Waals surface area contributed by atoms with E-state index in [9.17, 15) is 9.59 Å². The van der Waals surface area contributed by atoms with E-state index in [0.717, 1.165) is 4.47 Å². The summed E-state index contributed by atoms with van der Waals surface area (Å²) in [6.45, 7) is 1.88. The first-order chi connectivity index (χ1) is 10.5. The molecule has 2 aromatic rings. The lowest BCUT2D eigenvalue weighted by atomic mass is 10.2. The van der Waals surface area contributed by atoms with Crippen molar-refractivity contribution in [3.8, 4) is 0 Å². The first kappa shape index (κ1) is 16.2. The third-order valence-electron chi connectivity index (χ3n) is 3.15. The Hall–Kier alpha value is -2.16. The highest BCUT2D eigenvalue weighted by molar-refractivity contribution is 9.10. The Balaban J connectivity index is 2.23. The molecule has 0 aliphatic carbocycles. The van der Waals surface area contributed by atoms with Crippen LogP contribution in [0.2, 0.25) is 0 Å². The second kappa shape index (κ2) is 6.73. The molecular formula is C13H16BrN5O3. The summed E-state index contributed by atoms with van der Waals surface area (Å²) in [5.74, 6) is -0.846. The third-order valence-corrected chi connectivity index (χ3v) is 3.56. The monoisotopic (exact) mass is 369 g/mol. The van der Waals surface area contributed by atoms with Gasteiger partial charge in [-0.05, 0) is 22.4 Å². The Labute approximate surface area is 135 Å². The van der Waals surface area contributed by atoms with Gasteiger partial charge in [-0.3, -0.25) is 14.2 Å². The van der Waals surface area contributed by atoms with Crippen LogP contribution >= 0.6 is 15.9 Å². The van der Waals surface area contributed by atoms with Gasteiger partial charge in [0.1, 0.15) is 6.04 Å². The highest BCUT2D eigenvalue weighted by Gasteiger charge is 2.24. The molecule has 0 radical (unpaired) electrons. The number of hydrogen-bond acceptors (Lipinski definition) is 5. The molecule has 1 N–H and O–H groups in total. The molecule has 8 nitrogen and oxygen atoms in total. The van der Waals surface area contributed by atoms with Crippen molar-refractivity contribution < 1.29 is 14.3 Å². The second-order valence-electron chi connectivity index (χ2n) is 4.57. The van der Waals surface area contributed by atoms with Crippen molar-refractivity contribution in [1.82, 2.24) is 19.6 Å². The number of aryl methyl sites for hydroxylation is 1. The van der Waals surface area contributed by atoms with E-state index in [1.807, 2.05) is 6.92 Å². The topological polar surface area (TPSA) is 91.0 Å². The maximum atomic E-state index is 12.4. The molecule has 0 aromatic carbocycles. The number of halogens is 1. The second-order valence-corrected chi connectivity index (χ2v) is 5.49. The van der Waals surface area contributed by atoms with E-state index in [4.69, 9.17) is 4.74 Å². The zero-order chi connectivity index (χ0) is 16.3. The molecule has 2 rings (SSSR count). The first-order valence-electron chi connectivity index (χ1n) is 6.58. The molecule has 2 heterocycles. The lowest BCUT2D eigenvalue weighted by Crippen LogP contribution is -2.26. The summed E-state index contributed by atoms with van der Waals surface area (Å²) in [6, 6.07) is -0.489. The number of ether oxygens (including phenoxy) is 1. The zero-order valence-electron chi connectivity index (χ0n) is 12.4. The van der Waals surface area contributed by atoms with Crippen LogP contribution in [-0.4, -0.2) is 38.5 Å². The van der Waals surface area contributed by atoms with Crippen molar-refractivity contribution in [1.29, 1.82) is 0 Å². The van der Waals surface area contributed by atoms with Crippen molar-refractivity contribution >= 4 is 33.5 Å². The average molecular weight is 370 g/mol. The van der Waals surface area contributed by atoms with Gasteiger partial charge in [-0.25, -0.2) is 4.79 Å². The number of anilines is 1. The minimum atomic E-state index is -0.565. The van der Waals surface area contributed by atoms with Gasteiger partial charge < -0.3 is 10.1 Å². The van der Waals surface area contributed by atoms with Crippen molar-refractivity contribution in [2.75, 3.05) is 12.4 Å². The summed E-state index contributed by atoms with van der Waals surface area (Å²) in [6.07, 6.45) is 5.29. The summed E-state index contributed by atoms with van der Waals surface area (Å²) in [7, 11) is 2.88. The summed E-state index contributed by atoms with van der Waals surface area (Å²) >= 11 is 3.30. The number of carbonyl (C=O) groups excluding carboxylic acids is 2. The Morgan fingerprint density at radius 3 is 2.68 bits per heavy atom. The predicted molar refractivity (Wildman–Crippen MR) is 82.4 cm³/mol. The molecule has 1 atom stereocenters. The summed E-state index contributed by atoms with van der Waals surface area (Å²) in [5, 5.41) is 10.8. The van der Waals surface area contributed by atoms with E-state index in [2.05, 4.69) is 31.4 Å². The summed E-state index contributed by atoms with van der Waals surface area (Å²) < 4.78 is 8.40. The van der Waals surface area contributed by atoms with E-state index >= 15 is 0 Å². The summed E-state index contributed by atoms with van der Waals surface area (Å²) in [5.41, 5.74) is 0.497. The molecular weight excluding hydrogens is 354 g/mol. The molecule has 9 heteroatoms. The van der Waals surface area contributed by atoms with Crippen LogP contribution in [0.4, 0.5) is 5.69 Å². The number of nitrogens with one attached hydrogen (secondary N) is 1. The number of hydrogen-bond donors (Lipinski definition) is 1. The maximum Gasteiger partial charge on any atom is 0.358 e. The van der Waals surface area contributed by atoms with Crippen molar-refractivity contribution in [2.24, 2.45) is 7.05 Å². The molecule has 0 fully saturated rings. The fraction of sp³-hybridized carbons (Fsp3) is 0.385. The van der Waals surface area contributed by atoms with Gasteiger partial charge in [-0.2, -0.15) is 10.2 Å². The minimum Gasteiger partial charge on any atom is -0.464 e. The van der Waals surface area contributed by atoms with Crippen LogP contribution in [-0.2, 0) is 16.6 Å². The van der Waals surface area contributed by atoms with Gasteiger partial charge in [0.15, 0.2) is 5.69 Å². The minimum absolute atomic E-state index is 0.187. The van der Waals surface area contributed by atoms with Crippen molar-refractivity contribution in [3.05, 3.63) is 28.8 Å². The van der Waals surface area contributed by atoms with E-state index in [-0.39, 0.29) is 11.6 Å². The lowest BCUT2D eigenvalue weighted by molar-refractivity contribution is -0.119. The average Bonchev–Trinajstić information content (AvgIpc) is 3.06. The molecule has 0 aliphatic rings. The predicted octanol–water partition coefficient (Wildman–Crippen LogP) is 1.76. The first-order valence-corrected chi connectivity index (χ1v) is 7.38. The van der Waals surface area contributed by atoms with Crippen LogP contribution in [0.5, 0.6) is 0 Å². The maximum absolute atomic E-state index is 12.4. The van der Waals surface area contributed by atoms with Crippen molar-refractivity contribution in [3.63, 3.8) is 0 Å². The van der Waals surface area contributed by atoms with Crippen LogP contribution in [0.25, 0.3) is 0 Å². The lowest BCUT2D eigenvalue weighted by Gasteiger charge is -2.15. The number of carbonyl (C=O) groups is 2. The molecule has 0 saturated carbocycles. The molecule has 0 spiro atoms. The number of esters is 1. The van der Waals surface area contributed by atoms with Crippen molar-refractivity contribution in [2.45, 2.75) is 19.4 Å². The Morgan fingerprint density at radius 2 is 2.14 bits per heavy atom. The molecule has 22 heavy (non-hydrogen) atoms. The normalized spacial score (nSPS) is 12.0. The van der Waals surface area contributed by atoms with Crippen LogP contribution in [0.15, 0.2) is 23.1 Å². The van der Waals surface area contributed by atoms with Gasteiger partial charge in [0.25, 0.3) is 0 Å². The van der Waals surface area contributed by atoms with Crippen LogP contribution < -0.4 is 5.32 Å². The number of nitrogens with zero attached hydrogens (tertiary/aromatic N) is 4. The SMILES string of the molecule is CCC(C(=O)Nc1cnn(C)c1C(=O)OC)n1cc(Br)cn1. The van der Waals surface area contributed by atoms with Crippen LogP contribution in [0.1, 0.15) is 29.9 Å². The van der Waals surface area contributed by atoms with Crippen LogP contribution in [0.3, 0.4) is 0 Å². The number of methoxy groups -OCH3 is 1. The fourth-order valence-corrected chi connectivity index (χ4v) is 2.36. The Kier molecular flexibility index (Phi) is 4.96. The molecule has 0 saturated heterocycles. The summed E-state index contributed by atoms with van der Waals surface area (Å²) in [4.78, 5) is 24.2. The number of amides is 1. The zero-order valence-corrected chi connectivity index (χ0v) is 14.0. The number of rotatable bonds is 5. The van der Waals surface area contributed by atoms with Gasteiger partial charge in [0.05, 0.1) is 29.7 Å². The third kappa shape index (κ3) is 3.19. The molecule has 2 aromatic heterocycles. The van der Waals surface area contributed by atoms with E-state index in [0.29, 0.717) is 12.1 Å². The smallest absolute Gasteiger partial charge is 0.358 e. The highest BCUT2D eigenvalue weighted by atomic mass is 79.9. The molecule has 1 unspecified atom stereocenters.